The highest BCUT2D eigenvalue weighted by atomic mass is 35.5. The molecule has 0 saturated heterocycles. The van der Waals surface area contributed by atoms with Crippen LogP contribution in [0.3, 0.4) is 0 Å². The fourth-order valence-electron chi connectivity index (χ4n) is 3.37. The first-order valence-electron chi connectivity index (χ1n) is 10.6. The first-order valence-corrected chi connectivity index (χ1v) is 11.0. The van der Waals surface area contributed by atoms with Gasteiger partial charge in [0.05, 0.1) is 30.6 Å². The van der Waals surface area contributed by atoms with Gasteiger partial charge in [0.2, 0.25) is 0 Å². The highest BCUT2D eigenvalue weighted by Gasteiger charge is 2.13. The number of pyridine rings is 1. The molecule has 0 radical (unpaired) electrons. The quantitative estimate of drug-likeness (QED) is 0.379. The van der Waals surface area contributed by atoms with E-state index in [1.807, 2.05) is 13.0 Å². The summed E-state index contributed by atoms with van der Waals surface area (Å²) in [6, 6.07) is 14.6. The standard InChI is InChI=1S/C25H23ClN4O5/c1-15-4-9-23-27-17(10-24(31)30(23)13-15)14-35-18-7-5-16(6-8-18)28-25(32)29-20-11-19(26)21(33-2)12-22(20)34-3/h4-13H,14H2,1-3H3,(H2,28,29,32). The molecule has 0 atom stereocenters. The minimum atomic E-state index is -0.478. The molecule has 4 aromatic rings. The average molecular weight is 495 g/mol. The van der Waals surface area contributed by atoms with Gasteiger partial charge < -0.3 is 24.8 Å². The monoisotopic (exact) mass is 494 g/mol. The molecule has 0 aliphatic rings. The molecule has 2 N–H and O–H groups in total. The molecule has 2 aromatic heterocycles. The van der Waals surface area contributed by atoms with E-state index in [4.69, 9.17) is 25.8 Å². The summed E-state index contributed by atoms with van der Waals surface area (Å²) in [4.78, 5) is 29.2. The van der Waals surface area contributed by atoms with Crippen LogP contribution in [0, 0.1) is 6.92 Å². The number of carbonyl (C=O) groups is 1. The second kappa shape index (κ2) is 10.4. The Balaban J connectivity index is 1.37. The van der Waals surface area contributed by atoms with Crippen LogP contribution in [0.15, 0.2) is 65.6 Å². The third-order valence-corrected chi connectivity index (χ3v) is 5.38. The zero-order valence-corrected chi connectivity index (χ0v) is 20.1. The third-order valence-electron chi connectivity index (χ3n) is 5.08. The Labute approximate surface area is 206 Å². The fraction of sp³-hybridized carbons (Fsp3) is 0.160. The molecular weight excluding hydrogens is 472 g/mol. The number of fused-ring (bicyclic) bond motifs is 1. The van der Waals surface area contributed by atoms with Crippen LogP contribution in [0.2, 0.25) is 5.02 Å². The number of anilines is 2. The highest BCUT2D eigenvalue weighted by Crippen LogP contribution is 2.36. The van der Waals surface area contributed by atoms with E-state index < -0.39 is 6.03 Å². The van der Waals surface area contributed by atoms with Crippen LogP contribution in [0.4, 0.5) is 16.2 Å². The van der Waals surface area contributed by atoms with Gasteiger partial charge in [-0.1, -0.05) is 17.7 Å². The van der Waals surface area contributed by atoms with E-state index in [-0.39, 0.29) is 12.2 Å². The van der Waals surface area contributed by atoms with Crippen molar-refractivity contribution in [2.75, 3.05) is 24.9 Å². The van der Waals surface area contributed by atoms with Crippen molar-refractivity contribution in [1.82, 2.24) is 9.38 Å². The van der Waals surface area contributed by atoms with Crippen LogP contribution in [0.25, 0.3) is 5.65 Å². The number of hydrogen-bond donors (Lipinski definition) is 2. The number of carbonyl (C=O) groups excluding carboxylic acids is 1. The molecule has 2 amide bonds. The van der Waals surface area contributed by atoms with Crippen molar-refractivity contribution in [3.05, 3.63) is 87.4 Å². The lowest BCUT2D eigenvalue weighted by atomic mass is 10.2. The number of nitrogens with zero attached hydrogens (tertiary/aromatic N) is 2. The van der Waals surface area contributed by atoms with Gasteiger partial charge in [0.1, 0.15) is 29.5 Å². The van der Waals surface area contributed by atoms with E-state index in [9.17, 15) is 9.59 Å². The molecule has 0 bridgehead atoms. The fourth-order valence-corrected chi connectivity index (χ4v) is 3.61. The third kappa shape index (κ3) is 5.64. The lowest BCUT2D eigenvalue weighted by Crippen LogP contribution is -2.19. The Morgan fingerprint density at radius 2 is 1.74 bits per heavy atom. The molecular formula is C25H23ClN4O5. The Hall–Kier alpha value is -4.24. The van der Waals surface area contributed by atoms with Crippen LogP contribution in [-0.4, -0.2) is 29.6 Å². The van der Waals surface area contributed by atoms with Gasteiger partial charge in [0.25, 0.3) is 5.56 Å². The minimum Gasteiger partial charge on any atom is -0.495 e. The molecule has 0 spiro atoms. The van der Waals surface area contributed by atoms with Crippen LogP contribution in [0.1, 0.15) is 11.3 Å². The second-order valence-corrected chi connectivity index (χ2v) is 8.01. The van der Waals surface area contributed by atoms with Crippen molar-refractivity contribution in [3.63, 3.8) is 0 Å². The first-order chi connectivity index (χ1) is 16.9. The number of rotatable bonds is 7. The number of benzene rings is 2. The van der Waals surface area contributed by atoms with E-state index in [2.05, 4.69) is 15.6 Å². The molecule has 2 heterocycles. The number of ether oxygens (including phenoxy) is 3. The molecule has 2 aromatic carbocycles. The molecule has 35 heavy (non-hydrogen) atoms. The van der Waals surface area contributed by atoms with E-state index in [0.717, 1.165) is 5.56 Å². The molecule has 180 valence electrons. The summed E-state index contributed by atoms with van der Waals surface area (Å²) in [7, 11) is 2.97. The number of urea groups is 1. The molecule has 0 aliphatic carbocycles. The van der Waals surface area contributed by atoms with Gasteiger partial charge in [-0.2, -0.15) is 0 Å². The summed E-state index contributed by atoms with van der Waals surface area (Å²) < 4.78 is 17.7. The molecule has 10 heteroatoms. The summed E-state index contributed by atoms with van der Waals surface area (Å²) in [6.07, 6.45) is 1.75. The van der Waals surface area contributed by atoms with Gasteiger partial charge in [0.15, 0.2) is 0 Å². The van der Waals surface area contributed by atoms with Crippen LogP contribution in [-0.2, 0) is 6.61 Å². The van der Waals surface area contributed by atoms with Crippen LogP contribution in [0.5, 0.6) is 17.2 Å². The number of aromatic nitrogens is 2. The Kier molecular flexibility index (Phi) is 7.07. The highest BCUT2D eigenvalue weighted by molar-refractivity contribution is 6.32. The molecule has 0 fully saturated rings. The molecule has 9 nitrogen and oxygen atoms in total. The largest absolute Gasteiger partial charge is 0.495 e. The van der Waals surface area contributed by atoms with Gasteiger partial charge >= 0.3 is 6.03 Å². The Morgan fingerprint density at radius 1 is 1.00 bits per heavy atom. The number of aryl methyl sites for hydroxylation is 1. The van der Waals surface area contributed by atoms with Crippen molar-refractivity contribution in [3.8, 4) is 17.2 Å². The number of amides is 2. The summed E-state index contributed by atoms with van der Waals surface area (Å²) >= 11 is 6.15. The van der Waals surface area contributed by atoms with E-state index in [0.29, 0.717) is 45.0 Å². The smallest absolute Gasteiger partial charge is 0.323 e. The first kappa shape index (κ1) is 23.9. The van der Waals surface area contributed by atoms with E-state index >= 15 is 0 Å². The van der Waals surface area contributed by atoms with Crippen molar-refractivity contribution in [2.24, 2.45) is 0 Å². The zero-order valence-electron chi connectivity index (χ0n) is 19.3. The van der Waals surface area contributed by atoms with Crippen molar-refractivity contribution in [1.29, 1.82) is 0 Å². The molecule has 0 saturated carbocycles. The normalized spacial score (nSPS) is 10.6. The summed E-state index contributed by atoms with van der Waals surface area (Å²) in [5.41, 5.74) is 2.82. The van der Waals surface area contributed by atoms with Crippen LogP contribution >= 0.6 is 11.6 Å². The number of hydrogen-bond acceptors (Lipinski definition) is 6. The predicted octanol–water partition coefficient (Wildman–Crippen LogP) is 4.90. The summed E-state index contributed by atoms with van der Waals surface area (Å²) in [6.45, 7) is 2.04. The summed E-state index contributed by atoms with van der Waals surface area (Å²) in [5, 5.41) is 5.77. The Bertz CT molecular complexity index is 1440. The molecule has 0 unspecified atom stereocenters. The van der Waals surface area contributed by atoms with E-state index in [1.165, 1.54) is 24.7 Å². The van der Waals surface area contributed by atoms with Crippen molar-refractivity contribution < 1.29 is 19.0 Å². The maximum Gasteiger partial charge on any atom is 0.323 e. The second-order valence-electron chi connectivity index (χ2n) is 7.60. The van der Waals surface area contributed by atoms with E-state index in [1.54, 1.807) is 48.7 Å². The predicted molar refractivity (Wildman–Crippen MR) is 134 cm³/mol. The topological polar surface area (TPSA) is 103 Å². The van der Waals surface area contributed by atoms with Gasteiger partial charge in [0, 0.05) is 24.0 Å². The SMILES string of the molecule is COc1cc(OC)c(NC(=O)Nc2ccc(OCc3cc(=O)n4cc(C)ccc4n3)cc2)cc1Cl. The molecule has 4 rings (SSSR count). The van der Waals surface area contributed by atoms with Crippen molar-refractivity contribution >= 4 is 34.7 Å². The maximum atomic E-state index is 12.4. The lowest BCUT2D eigenvalue weighted by Gasteiger charge is -2.14. The molecule has 0 aliphatic heterocycles. The number of methoxy groups -OCH3 is 2. The maximum absolute atomic E-state index is 12.4. The minimum absolute atomic E-state index is 0.130. The Morgan fingerprint density at radius 3 is 2.46 bits per heavy atom. The number of nitrogens with one attached hydrogen (secondary N) is 2. The van der Waals surface area contributed by atoms with Gasteiger partial charge in [-0.3, -0.25) is 9.20 Å². The van der Waals surface area contributed by atoms with Gasteiger partial charge in [-0.25, -0.2) is 9.78 Å². The zero-order chi connectivity index (χ0) is 24.9. The average Bonchev–Trinajstić information content (AvgIpc) is 2.84. The number of halogens is 1. The van der Waals surface area contributed by atoms with Gasteiger partial charge in [-0.15, -0.1) is 0 Å². The van der Waals surface area contributed by atoms with Gasteiger partial charge in [-0.05, 0) is 48.9 Å². The van der Waals surface area contributed by atoms with Crippen molar-refractivity contribution in [2.45, 2.75) is 13.5 Å². The summed E-state index contributed by atoms with van der Waals surface area (Å²) in [5.74, 6) is 1.40. The lowest BCUT2D eigenvalue weighted by molar-refractivity contribution is 0.262. The van der Waals surface area contributed by atoms with Crippen LogP contribution < -0.4 is 30.4 Å².